The maximum absolute atomic E-state index is 13.7. The number of hydrogen-bond acceptors (Lipinski definition) is 5. The Balaban J connectivity index is 1.81. The average molecular weight is 460 g/mol. The van der Waals surface area contributed by atoms with Crippen molar-refractivity contribution in [3.63, 3.8) is 0 Å². The maximum Gasteiger partial charge on any atom is 0.348 e. The molecule has 0 amide bonds. The van der Waals surface area contributed by atoms with Crippen LogP contribution in [-0.4, -0.2) is 38.5 Å². The normalized spacial score (nSPS) is 15.4. The van der Waals surface area contributed by atoms with Crippen LogP contribution in [0.4, 0.5) is 8.78 Å². The second-order valence-corrected chi connectivity index (χ2v) is 9.48. The number of sulfone groups is 1. The molecular formula is C23H18F2O6S. The van der Waals surface area contributed by atoms with Gasteiger partial charge in [0.1, 0.15) is 18.2 Å². The Bertz CT molecular complexity index is 1280. The van der Waals surface area contributed by atoms with Gasteiger partial charge in [0, 0.05) is 12.3 Å². The van der Waals surface area contributed by atoms with Gasteiger partial charge in [-0.1, -0.05) is 12.1 Å². The summed E-state index contributed by atoms with van der Waals surface area (Å²) in [6.45, 7) is -0.177. The lowest BCUT2D eigenvalue weighted by atomic mass is 9.94. The molecule has 0 saturated carbocycles. The van der Waals surface area contributed by atoms with Crippen LogP contribution in [0.15, 0.2) is 59.5 Å². The van der Waals surface area contributed by atoms with Gasteiger partial charge in [-0.2, -0.15) is 0 Å². The van der Waals surface area contributed by atoms with Crippen LogP contribution in [0.25, 0.3) is 11.1 Å². The minimum absolute atomic E-state index is 0.117. The van der Waals surface area contributed by atoms with Crippen molar-refractivity contribution < 1.29 is 36.6 Å². The van der Waals surface area contributed by atoms with Gasteiger partial charge in [0.2, 0.25) is 6.10 Å². The SMILES string of the molecule is CS(=O)(=O)c1ccc(-c2cc3c(cc2Cc2cc(F)cc(F)c2)OC(C(=O)O)CO3)cc1. The third-order valence-corrected chi connectivity index (χ3v) is 6.14. The van der Waals surface area contributed by atoms with Crippen molar-refractivity contribution in [3.05, 3.63) is 77.4 Å². The molecule has 0 spiro atoms. The summed E-state index contributed by atoms with van der Waals surface area (Å²) in [7, 11) is -3.38. The van der Waals surface area contributed by atoms with Gasteiger partial charge in [0.15, 0.2) is 21.3 Å². The summed E-state index contributed by atoms with van der Waals surface area (Å²) in [5.41, 5.74) is 2.24. The lowest BCUT2D eigenvalue weighted by Gasteiger charge is -2.25. The predicted molar refractivity (Wildman–Crippen MR) is 112 cm³/mol. The third kappa shape index (κ3) is 4.57. The molecule has 0 saturated heterocycles. The highest BCUT2D eigenvalue weighted by Gasteiger charge is 2.28. The van der Waals surface area contributed by atoms with E-state index in [-0.39, 0.29) is 23.7 Å². The van der Waals surface area contributed by atoms with Gasteiger partial charge in [-0.25, -0.2) is 22.0 Å². The van der Waals surface area contributed by atoms with Gasteiger partial charge < -0.3 is 14.6 Å². The summed E-state index contributed by atoms with van der Waals surface area (Å²) < 4.78 is 62.1. The predicted octanol–water partition coefficient (Wildman–Crippen LogP) is 3.85. The van der Waals surface area contributed by atoms with E-state index in [9.17, 15) is 27.1 Å². The lowest BCUT2D eigenvalue weighted by Crippen LogP contribution is -2.36. The first-order valence-electron chi connectivity index (χ1n) is 9.55. The van der Waals surface area contributed by atoms with Crippen molar-refractivity contribution in [2.75, 3.05) is 12.9 Å². The molecule has 0 radical (unpaired) electrons. The molecule has 1 N–H and O–H groups in total. The van der Waals surface area contributed by atoms with Crippen molar-refractivity contribution in [2.45, 2.75) is 17.4 Å². The van der Waals surface area contributed by atoms with Crippen LogP contribution in [0.3, 0.4) is 0 Å². The van der Waals surface area contributed by atoms with Crippen LogP contribution in [0, 0.1) is 11.6 Å². The zero-order valence-corrected chi connectivity index (χ0v) is 17.7. The summed E-state index contributed by atoms with van der Waals surface area (Å²) in [5, 5.41) is 9.22. The first kappa shape index (κ1) is 21.8. The van der Waals surface area contributed by atoms with Crippen LogP contribution < -0.4 is 9.47 Å². The number of carbonyl (C=O) groups is 1. The number of fused-ring (bicyclic) bond motifs is 1. The molecule has 32 heavy (non-hydrogen) atoms. The number of carboxylic acids is 1. The van der Waals surface area contributed by atoms with Crippen LogP contribution in [0.2, 0.25) is 0 Å². The van der Waals surface area contributed by atoms with Gasteiger partial charge in [-0.15, -0.1) is 0 Å². The van der Waals surface area contributed by atoms with E-state index in [1.807, 2.05) is 0 Å². The summed E-state index contributed by atoms with van der Waals surface area (Å²) >= 11 is 0. The number of rotatable bonds is 5. The molecule has 3 aromatic rings. The molecular weight excluding hydrogens is 442 g/mol. The molecule has 9 heteroatoms. The number of hydrogen-bond donors (Lipinski definition) is 1. The quantitative estimate of drug-likeness (QED) is 0.622. The van der Waals surface area contributed by atoms with Crippen LogP contribution in [-0.2, 0) is 21.1 Å². The van der Waals surface area contributed by atoms with Crippen molar-refractivity contribution in [2.24, 2.45) is 0 Å². The van der Waals surface area contributed by atoms with E-state index in [4.69, 9.17) is 9.47 Å². The van der Waals surface area contributed by atoms with E-state index in [1.54, 1.807) is 24.3 Å². The van der Waals surface area contributed by atoms with E-state index in [0.29, 0.717) is 28.0 Å². The Labute approximate surface area is 183 Å². The molecule has 4 rings (SSSR count). The van der Waals surface area contributed by atoms with Crippen molar-refractivity contribution >= 4 is 15.8 Å². The summed E-state index contributed by atoms with van der Waals surface area (Å²) in [5.74, 6) is -2.10. The first-order valence-corrected chi connectivity index (χ1v) is 11.4. The number of benzene rings is 3. The van der Waals surface area contributed by atoms with Gasteiger partial charge in [-0.3, -0.25) is 0 Å². The Hall–Kier alpha value is -3.46. The molecule has 1 aliphatic heterocycles. The fourth-order valence-corrected chi connectivity index (χ4v) is 4.14. The second-order valence-electron chi connectivity index (χ2n) is 7.46. The van der Waals surface area contributed by atoms with E-state index >= 15 is 0 Å². The largest absolute Gasteiger partial charge is 0.485 e. The smallest absolute Gasteiger partial charge is 0.348 e. The number of aliphatic carboxylic acids is 1. The molecule has 3 aromatic carbocycles. The van der Waals surface area contributed by atoms with Gasteiger partial charge >= 0.3 is 5.97 Å². The number of halogens is 2. The molecule has 166 valence electrons. The van der Waals surface area contributed by atoms with E-state index in [2.05, 4.69) is 0 Å². The standard InChI is InChI=1S/C23H18F2O6S/c1-32(28,29)18-4-2-14(3-5-18)19-11-20-21(31-22(12-30-20)23(26)27)9-15(19)6-13-7-16(24)10-17(25)8-13/h2-5,7-11,22H,6,12H2,1H3,(H,26,27). The van der Waals surface area contributed by atoms with E-state index in [0.717, 1.165) is 12.3 Å². The topological polar surface area (TPSA) is 89.9 Å². The summed E-state index contributed by atoms with van der Waals surface area (Å²) in [6.07, 6.45) is 0.0445. The number of ether oxygens (including phenoxy) is 2. The molecule has 1 unspecified atom stereocenters. The zero-order chi connectivity index (χ0) is 23.0. The Morgan fingerprint density at radius 1 is 1.03 bits per heavy atom. The molecule has 0 aliphatic carbocycles. The Kier molecular flexibility index (Phi) is 5.60. The average Bonchev–Trinajstić information content (AvgIpc) is 2.71. The third-order valence-electron chi connectivity index (χ3n) is 5.01. The molecule has 0 aromatic heterocycles. The highest BCUT2D eigenvalue weighted by molar-refractivity contribution is 7.90. The molecule has 1 atom stereocenters. The molecule has 1 aliphatic rings. The van der Waals surface area contributed by atoms with Crippen LogP contribution in [0.1, 0.15) is 11.1 Å². The monoisotopic (exact) mass is 460 g/mol. The molecule has 6 nitrogen and oxygen atoms in total. The maximum atomic E-state index is 13.7. The van der Waals surface area contributed by atoms with Crippen molar-refractivity contribution in [3.8, 4) is 22.6 Å². The Morgan fingerprint density at radius 2 is 1.69 bits per heavy atom. The first-order chi connectivity index (χ1) is 15.1. The minimum atomic E-state index is -3.38. The van der Waals surface area contributed by atoms with Gasteiger partial charge in [0.05, 0.1) is 4.90 Å². The van der Waals surface area contributed by atoms with Crippen LogP contribution in [0.5, 0.6) is 11.5 Å². The lowest BCUT2D eigenvalue weighted by molar-refractivity contribution is -0.147. The molecule has 0 bridgehead atoms. The van der Waals surface area contributed by atoms with Crippen molar-refractivity contribution in [1.82, 2.24) is 0 Å². The Morgan fingerprint density at radius 3 is 2.28 bits per heavy atom. The minimum Gasteiger partial charge on any atom is -0.485 e. The second kappa shape index (κ2) is 8.23. The van der Waals surface area contributed by atoms with Crippen molar-refractivity contribution in [1.29, 1.82) is 0 Å². The molecule has 0 fully saturated rings. The van der Waals surface area contributed by atoms with E-state index in [1.165, 1.54) is 24.3 Å². The fraction of sp³-hybridized carbons (Fsp3) is 0.174. The fourth-order valence-electron chi connectivity index (χ4n) is 3.51. The highest BCUT2D eigenvalue weighted by atomic mass is 32.2. The van der Waals surface area contributed by atoms with Gasteiger partial charge in [-0.05, 0) is 65.1 Å². The zero-order valence-electron chi connectivity index (χ0n) is 16.8. The van der Waals surface area contributed by atoms with Gasteiger partial charge in [0.25, 0.3) is 0 Å². The highest BCUT2D eigenvalue weighted by Crippen LogP contribution is 2.39. The van der Waals surface area contributed by atoms with Crippen LogP contribution >= 0.6 is 0 Å². The molecule has 1 heterocycles. The van der Waals surface area contributed by atoms with E-state index < -0.39 is 33.5 Å². The number of carboxylic acid groups (broad SMARTS) is 1. The summed E-state index contributed by atoms with van der Waals surface area (Å²) in [6, 6.07) is 12.6. The summed E-state index contributed by atoms with van der Waals surface area (Å²) in [4.78, 5) is 11.4.